The van der Waals surface area contributed by atoms with Crippen molar-refractivity contribution in [1.82, 2.24) is 9.88 Å². The van der Waals surface area contributed by atoms with E-state index in [1.54, 1.807) is 17.5 Å². The molecule has 1 aliphatic heterocycles. The lowest BCUT2D eigenvalue weighted by atomic mass is 9.89. The highest BCUT2D eigenvalue weighted by Crippen LogP contribution is 2.48. The number of rotatable bonds is 7. The second-order valence-corrected chi connectivity index (χ2v) is 10.6. The van der Waals surface area contributed by atoms with Crippen LogP contribution in [0.4, 0.5) is 8.78 Å². The fourth-order valence-electron chi connectivity index (χ4n) is 5.97. The van der Waals surface area contributed by atoms with Crippen molar-refractivity contribution in [2.75, 3.05) is 26.6 Å². The summed E-state index contributed by atoms with van der Waals surface area (Å²) in [6.07, 6.45) is 7.42. The van der Waals surface area contributed by atoms with Crippen LogP contribution in [0.2, 0.25) is 0 Å². The van der Waals surface area contributed by atoms with Crippen LogP contribution in [0.15, 0.2) is 12.3 Å². The predicted molar refractivity (Wildman–Crippen MR) is 123 cm³/mol. The summed E-state index contributed by atoms with van der Waals surface area (Å²) in [5.41, 5.74) is 6.69. The van der Waals surface area contributed by atoms with E-state index in [1.807, 2.05) is 11.0 Å². The zero-order valence-corrected chi connectivity index (χ0v) is 19.5. The van der Waals surface area contributed by atoms with Gasteiger partial charge in [0.05, 0.1) is 36.8 Å². The van der Waals surface area contributed by atoms with Gasteiger partial charge < -0.3 is 15.2 Å². The van der Waals surface area contributed by atoms with Gasteiger partial charge in [-0.3, -0.25) is 9.69 Å². The Hall–Kier alpha value is -1.84. The summed E-state index contributed by atoms with van der Waals surface area (Å²) in [6.45, 7) is -0.377. The Labute approximate surface area is 196 Å². The maximum atomic E-state index is 13.6. The quantitative estimate of drug-likeness (QED) is 0.652. The largest absolute Gasteiger partial charge is 0.490 e. The zero-order valence-electron chi connectivity index (χ0n) is 18.7. The maximum absolute atomic E-state index is 13.6. The topological polar surface area (TPSA) is 77.7 Å². The van der Waals surface area contributed by atoms with E-state index in [0.29, 0.717) is 19.6 Å². The number of amides is 1. The molecule has 0 unspecified atom stereocenters. The first-order chi connectivity index (χ1) is 16.1. The Morgan fingerprint density at radius 3 is 2.58 bits per heavy atom. The molecule has 2 N–H and O–H groups in total. The molecule has 1 saturated carbocycles. The van der Waals surface area contributed by atoms with Crippen LogP contribution >= 0.6 is 11.3 Å². The number of halogens is 2. The summed E-state index contributed by atoms with van der Waals surface area (Å²) in [6, 6.07) is 1.34. The molecule has 33 heavy (non-hydrogen) atoms. The average Bonchev–Trinajstić information content (AvgIpc) is 3.38. The molecule has 180 valence electrons. The summed E-state index contributed by atoms with van der Waals surface area (Å²) in [4.78, 5) is 20.4. The fourth-order valence-corrected chi connectivity index (χ4v) is 7.23. The SMILES string of the molecule is NC(=O)C[C@H]1CCc2sc3nccc(O[C@H]4CC[C@H](N5[C@@H](CF)COC[C@@H]5CF)CC4)c3c21. The summed E-state index contributed by atoms with van der Waals surface area (Å²) in [5.74, 6) is 0.676. The minimum Gasteiger partial charge on any atom is -0.490 e. The van der Waals surface area contributed by atoms with E-state index in [4.69, 9.17) is 15.2 Å². The van der Waals surface area contributed by atoms with Crippen molar-refractivity contribution in [2.45, 2.75) is 75.1 Å². The molecular formula is C24H31F2N3O3S. The highest BCUT2D eigenvalue weighted by atomic mass is 32.1. The highest BCUT2D eigenvalue weighted by molar-refractivity contribution is 7.19. The molecule has 3 heterocycles. The van der Waals surface area contributed by atoms with Crippen molar-refractivity contribution in [3.05, 3.63) is 22.7 Å². The van der Waals surface area contributed by atoms with E-state index in [2.05, 4.69) is 4.98 Å². The number of hydrogen-bond donors (Lipinski definition) is 1. The summed E-state index contributed by atoms with van der Waals surface area (Å²) < 4.78 is 39.1. The van der Waals surface area contributed by atoms with Gasteiger partial charge in [0.2, 0.25) is 5.91 Å². The second kappa shape index (κ2) is 9.80. The predicted octanol–water partition coefficient (Wildman–Crippen LogP) is 3.90. The van der Waals surface area contributed by atoms with Crippen molar-refractivity contribution >= 4 is 27.5 Å². The molecule has 3 atom stereocenters. The van der Waals surface area contributed by atoms with Gasteiger partial charge in [-0.15, -0.1) is 11.3 Å². The van der Waals surface area contributed by atoms with Gasteiger partial charge >= 0.3 is 0 Å². The van der Waals surface area contributed by atoms with E-state index in [0.717, 1.165) is 54.5 Å². The first kappa shape index (κ1) is 22.9. The first-order valence-corrected chi connectivity index (χ1v) is 12.7. The second-order valence-electron chi connectivity index (χ2n) is 9.48. The van der Waals surface area contributed by atoms with E-state index in [1.165, 1.54) is 10.4 Å². The minimum absolute atomic E-state index is 0.0482. The lowest BCUT2D eigenvalue weighted by molar-refractivity contribution is -0.118. The van der Waals surface area contributed by atoms with Crippen LogP contribution < -0.4 is 10.5 Å². The van der Waals surface area contributed by atoms with Gasteiger partial charge in [0.1, 0.15) is 23.9 Å². The molecule has 0 aromatic carbocycles. The standard InChI is InChI=1S/C24H31F2N3O3S/c25-10-16-12-31-13-17(11-26)29(16)15-2-4-18(5-3-15)32-19-7-8-28-24-23(19)22-14(9-21(27)30)1-6-20(22)33-24/h7-8,14-18H,1-6,9-13H2,(H2,27,30)/t14-,15-,16+,17+,18-/m1/s1. The van der Waals surface area contributed by atoms with Crippen LogP contribution in [-0.4, -0.2) is 66.6 Å². The van der Waals surface area contributed by atoms with Gasteiger partial charge in [0, 0.05) is 23.5 Å². The van der Waals surface area contributed by atoms with Crippen molar-refractivity contribution < 1.29 is 23.0 Å². The third-order valence-corrected chi connectivity index (χ3v) is 8.60. The molecule has 0 radical (unpaired) electrons. The molecular weight excluding hydrogens is 448 g/mol. The number of ether oxygens (including phenoxy) is 2. The van der Waals surface area contributed by atoms with Crippen molar-refractivity contribution in [3.8, 4) is 5.75 Å². The number of carbonyl (C=O) groups is 1. The third-order valence-electron chi connectivity index (χ3n) is 7.42. The van der Waals surface area contributed by atoms with Crippen LogP contribution in [0.3, 0.4) is 0 Å². The molecule has 2 aliphatic carbocycles. The van der Waals surface area contributed by atoms with Gasteiger partial charge in [-0.25, -0.2) is 13.8 Å². The number of hydrogen-bond acceptors (Lipinski definition) is 6. The number of aryl methyl sites for hydroxylation is 1. The third kappa shape index (κ3) is 4.47. The molecule has 1 saturated heterocycles. The maximum Gasteiger partial charge on any atom is 0.218 e. The number of aromatic nitrogens is 1. The van der Waals surface area contributed by atoms with Crippen LogP contribution in [0.1, 0.15) is 54.9 Å². The van der Waals surface area contributed by atoms with Crippen LogP contribution in [0.5, 0.6) is 5.75 Å². The van der Waals surface area contributed by atoms with E-state index < -0.39 is 13.3 Å². The number of morpholine rings is 1. The Kier molecular flexibility index (Phi) is 6.81. The molecule has 6 nitrogen and oxygen atoms in total. The number of nitrogens with zero attached hydrogens (tertiary/aromatic N) is 2. The fraction of sp³-hybridized carbons (Fsp3) is 0.667. The Morgan fingerprint density at radius 2 is 1.91 bits per heavy atom. The summed E-state index contributed by atoms with van der Waals surface area (Å²) in [5, 5.41) is 1.03. The van der Waals surface area contributed by atoms with Crippen LogP contribution in [-0.2, 0) is 16.0 Å². The summed E-state index contributed by atoms with van der Waals surface area (Å²) >= 11 is 1.69. The number of alkyl halides is 2. The minimum atomic E-state index is -0.516. The van der Waals surface area contributed by atoms with Crippen LogP contribution in [0.25, 0.3) is 10.2 Å². The molecule has 3 aliphatic rings. The van der Waals surface area contributed by atoms with Gasteiger partial charge in [-0.2, -0.15) is 0 Å². The van der Waals surface area contributed by atoms with Crippen molar-refractivity contribution in [3.63, 3.8) is 0 Å². The normalized spacial score (nSPS) is 30.4. The Balaban J connectivity index is 1.30. The lowest BCUT2D eigenvalue weighted by Crippen LogP contribution is -2.59. The number of pyridine rings is 1. The van der Waals surface area contributed by atoms with Gasteiger partial charge in [-0.1, -0.05) is 0 Å². The molecule has 9 heteroatoms. The van der Waals surface area contributed by atoms with Gasteiger partial charge in [0.25, 0.3) is 0 Å². The number of primary amides is 1. The monoisotopic (exact) mass is 479 g/mol. The highest BCUT2D eigenvalue weighted by Gasteiger charge is 2.39. The molecule has 0 bridgehead atoms. The molecule has 2 aromatic heterocycles. The Morgan fingerprint density at radius 1 is 1.18 bits per heavy atom. The van der Waals surface area contributed by atoms with Crippen molar-refractivity contribution in [2.24, 2.45) is 5.73 Å². The van der Waals surface area contributed by atoms with E-state index >= 15 is 0 Å². The summed E-state index contributed by atoms with van der Waals surface area (Å²) in [7, 11) is 0. The zero-order chi connectivity index (χ0) is 22.9. The molecule has 2 aromatic rings. The van der Waals surface area contributed by atoms with E-state index in [9.17, 15) is 13.6 Å². The first-order valence-electron chi connectivity index (χ1n) is 11.9. The average molecular weight is 480 g/mol. The van der Waals surface area contributed by atoms with Gasteiger partial charge in [-0.05, 0) is 56.1 Å². The number of thiophene rings is 1. The number of fused-ring (bicyclic) bond motifs is 3. The molecule has 2 fully saturated rings. The van der Waals surface area contributed by atoms with Gasteiger partial charge in [0.15, 0.2) is 0 Å². The molecule has 0 spiro atoms. The van der Waals surface area contributed by atoms with E-state index in [-0.39, 0.29) is 36.1 Å². The lowest BCUT2D eigenvalue weighted by Gasteiger charge is -2.46. The number of carbonyl (C=O) groups excluding carboxylic acids is 1. The number of nitrogens with two attached hydrogens (primary N) is 1. The van der Waals surface area contributed by atoms with Crippen molar-refractivity contribution in [1.29, 1.82) is 0 Å². The smallest absolute Gasteiger partial charge is 0.218 e. The molecule has 5 rings (SSSR count). The Bertz CT molecular complexity index is 983. The molecule has 1 amide bonds. The van der Waals surface area contributed by atoms with Crippen LogP contribution in [0, 0.1) is 0 Å².